The number of hydrogen-bond acceptors (Lipinski definition) is 5. The Bertz CT molecular complexity index is 988. The van der Waals surface area contributed by atoms with Crippen molar-refractivity contribution < 1.29 is 14.6 Å². The zero-order valence-electron chi connectivity index (χ0n) is 17.2. The Morgan fingerprint density at radius 2 is 1.50 bits per heavy atom. The smallest absolute Gasteiger partial charge is 0.306 e. The van der Waals surface area contributed by atoms with Gasteiger partial charge in [0.05, 0.1) is 12.0 Å². The molecule has 1 aliphatic carbocycles. The first-order valence-electron chi connectivity index (χ1n) is 10.4. The summed E-state index contributed by atoms with van der Waals surface area (Å²) in [6.45, 7) is 4.04. The van der Waals surface area contributed by atoms with Crippen molar-refractivity contribution in [2.45, 2.75) is 51.6 Å². The van der Waals surface area contributed by atoms with Crippen LogP contribution in [-0.2, 0) is 4.79 Å². The molecular formula is C24H26N2O3S. The summed E-state index contributed by atoms with van der Waals surface area (Å²) in [4.78, 5) is 11.1. The molecule has 0 bridgehead atoms. The minimum Gasteiger partial charge on any atom is -0.491 e. The van der Waals surface area contributed by atoms with Crippen molar-refractivity contribution in [3.8, 4) is 27.4 Å². The molecule has 0 amide bonds. The maximum absolute atomic E-state index is 11.1. The van der Waals surface area contributed by atoms with E-state index in [-0.39, 0.29) is 12.0 Å². The zero-order chi connectivity index (χ0) is 21.1. The molecule has 1 aliphatic rings. The standard InChI is InChI=1S/C24H26N2O3S/c1-15(2)29-21-13-11-17(12-14-21)16-3-5-18(6-4-16)22-25-26-23(30-22)19-7-9-20(10-8-19)24(27)28/h3-6,11-15,19-20H,7-10H2,1-2H3,(H,27,28). The molecule has 2 aromatic carbocycles. The summed E-state index contributed by atoms with van der Waals surface area (Å²) in [5.74, 6) is 0.336. The van der Waals surface area contributed by atoms with Gasteiger partial charge in [-0.2, -0.15) is 0 Å². The minimum absolute atomic E-state index is 0.166. The molecular weight excluding hydrogens is 396 g/mol. The highest BCUT2D eigenvalue weighted by atomic mass is 32.1. The first kappa shape index (κ1) is 20.5. The Morgan fingerprint density at radius 1 is 0.933 bits per heavy atom. The highest BCUT2D eigenvalue weighted by Crippen LogP contribution is 2.38. The van der Waals surface area contributed by atoms with Gasteiger partial charge in [0.15, 0.2) is 0 Å². The van der Waals surface area contributed by atoms with Crippen LogP contribution in [0.5, 0.6) is 5.75 Å². The van der Waals surface area contributed by atoms with Crippen LogP contribution in [0.25, 0.3) is 21.7 Å². The Labute approximate surface area is 180 Å². The molecule has 5 nitrogen and oxygen atoms in total. The van der Waals surface area contributed by atoms with E-state index in [0.717, 1.165) is 58.1 Å². The number of benzene rings is 2. The van der Waals surface area contributed by atoms with E-state index in [1.165, 1.54) is 0 Å². The van der Waals surface area contributed by atoms with E-state index in [4.69, 9.17) is 9.84 Å². The third-order valence-electron chi connectivity index (χ3n) is 5.56. The summed E-state index contributed by atoms with van der Waals surface area (Å²) in [5.41, 5.74) is 3.35. The predicted octanol–water partition coefficient (Wildman–Crippen LogP) is 6.02. The van der Waals surface area contributed by atoms with Crippen LogP contribution in [0.3, 0.4) is 0 Å². The van der Waals surface area contributed by atoms with Gasteiger partial charge in [0.2, 0.25) is 0 Å². The van der Waals surface area contributed by atoms with Gasteiger partial charge in [-0.3, -0.25) is 4.79 Å². The number of ether oxygens (including phenoxy) is 1. The largest absolute Gasteiger partial charge is 0.491 e. The van der Waals surface area contributed by atoms with Crippen molar-refractivity contribution >= 4 is 17.3 Å². The SMILES string of the molecule is CC(C)Oc1ccc(-c2ccc(-c3nnc(C4CCC(C(=O)O)CC4)s3)cc2)cc1. The molecule has 0 spiro atoms. The molecule has 0 radical (unpaired) electrons. The summed E-state index contributed by atoms with van der Waals surface area (Å²) < 4.78 is 5.71. The van der Waals surface area contributed by atoms with Crippen LogP contribution >= 0.6 is 11.3 Å². The maximum Gasteiger partial charge on any atom is 0.306 e. The lowest BCUT2D eigenvalue weighted by atomic mass is 9.82. The number of rotatable bonds is 6. The van der Waals surface area contributed by atoms with Crippen molar-refractivity contribution in [2.24, 2.45) is 5.92 Å². The quantitative estimate of drug-likeness (QED) is 0.526. The number of hydrogen-bond donors (Lipinski definition) is 1. The van der Waals surface area contributed by atoms with Crippen LogP contribution in [-0.4, -0.2) is 27.4 Å². The van der Waals surface area contributed by atoms with Gasteiger partial charge >= 0.3 is 5.97 Å². The molecule has 6 heteroatoms. The van der Waals surface area contributed by atoms with Crippen molar-refractivity contribution in [1.82, 2.24) is 10.2 Å². The molecule has 0 unspecified atom stereocenters. The highest BCUT2D eigenvalue weighted by Gasteiger charge is 2.28. The average molecular weight is 423 g/mol. The second-order valence-corrected chi connectivity index (χ2v) is 9.11. The van der Waals surface area contributed by atoms with E-state index < -0.39 is 5.97 Å². The molecule has 0 atom stereocenters. The van der Waals surface area contributed by atoms with Crippen LogP contribution in [0.1, 0.15) is 50.5 Å². The van der Waals surface area contributed by atoms with Gasteiger partial charge in [-0.15, -0.1) is 10.2 Å². The lowest BCUT2D eigenvalue weighted by molar-refractivity contribution is -0.142. The number of nitrogens with zero attached hydrogens (tertiary/aromatic N) is 2. The molecule has 30 heavy (non-hydrogen) atoms. The monoisotopic (exact) mass is 422 g/mol. The summed E-state index contributed by atoms with van der Waals surface area (Å²) in [6.07, 6.45) is 3.37. The van der Waals surface area contributed by atoms with Crippen LogP contribution in [0.4, 0.5) is 0 Å². The maximum atomic E-state index is 11.1. The Balaban J connectivity index is 1.43. The fraction of sp³-hybridized carbons (Fsp3) is 0.375. The fourth-order valence-corrected chi connectivity index (χ4v) is 4.92. The van der Waals surface area contributed by atoms with E-state index in [1.807, 2.05) is 26.0 Å². The van der Waals surface area contributed by atoms with Crippen molar-refractivity contribution in [3.63, 3.8) is 0 Å². The second kappa shape index (κ2) is 8.96. The van der Waals surface area contributed by atoms with Crippen LogP contribution in [0, 0.1) is 5.92 Å². The van der Waals surface area contributed by atoms with Gasteiger partial charge in [-0.05, 0) is 62.8 Å². The number of carboxylic acid groups (broad SMARTS) is 1. The lowest BCUT2D eigenvalue weighted by Crippen LogP contribution is -2.20. The van der Waals surface area contributed by atoms with Gasteiger partial charge in [-0.1, -0.05) is 47.7 Å². The molecule has 1 fully saturated rings. The van der Waals surface area contributed by atoms with E-state index >= 15 is 0 Å². The Hall–Kier alpha value is -2.73. The number of aromatic nitrogens is 2. The van der Waals surface area contributed by atoms with E-state index in [9.17, 15) is 4.79 Å². The van der Waals surface area contributed by atoms with Crippen molar-refractivity contribution in [2.75, 3.05) is 0 Å². The van der Waals surface area contributed by atoms with Crippen LogP contribution in [0.2, 0.25) is 0 Å². The van der Waals surface area contributed by atoms with Gasteiger partial charge in [0.1, 0.15) is 15.8 Å². The highest BCUT2D eigenvalue weighted by molar-refractivity contribution is 7.14. The first-order valence-corrected chi connectivity index (χ1v) is 11.2. The predicted molar refractivity (Wildman–Crippen MR) is 119 cm³/mol. The molecule has 1 aromatic heterocycles. The van der Waals surface area contributed by atoms with Crippen molar-refractivity contribution in [3.05, 3.63) is 53.5 Å². The molecule has 0 aliphatic heterocycles. The molecule has 0 saturated heterocycles. The van der Waals surface area contributed by atoms with E-state index in [1.54, 1.807) is 11.3 Å². The summed E-state index contributed by atoms with van der Waals surface area (Å²) in [6, 6.07) is 16.5. The van der Waals surface area contributed by atoms with E-state index in [2.05, 4.69) is 46.6 Å². The number of carboxylic acids is 1. The number of carbonyl (C=O) groups is 1. The third kappa shape index (κ3) is 4.70. The fourth-order valence-electron chi connectivity index (χ4n) is 3.91. The molecule has 4 rings (SSSR count). The lowest BCUT2D eigenvalue weighted by Gasteiger charge is -2.23. The molecule has 3 aromatic rings. The Morgan fingerprint density at radius 3 is 2.07 bits per heavy atom. The van der Waals surface area contributed by atoms with Gasteiger partial charge in [0, 0.05) is 11.5 Å². The zero-order valence-corrected chi connectivity index (χ0v) is 18.1. The summed E-state index contributed by atoms with van der Waals surface area (Å²) in [7, 11) is 0. The average Bonchev–Trinajstić information content (AvgIpc) is 3.24. The minimum atomic E-state index is -0.673. The van der Waals surface area contributed by atoms with Gasteiger partial charge in [-0.25, -0.2) is 0 Å². The summed E-state index contributed by atoms with van der Waals surface area (Å²) >= 11 is 1.63. The van der Waals surface area contributed by atoms with E-state index in [0.29, 0.717) is 5.92 Å². The molecule has 156 valence electrons. The Kier molecular flexibility index (Phi) is 6.13. The molecule has 1 N–H and O–H groups in total. The molecule has 1 heterocycles. The van der Waals surface area contributed by atoms with Crippen molar-refractivity contribution in [1.29, 1.82) is 0 Å². The summed E-state index contributed by atoms with van der Waals surface area (Å²) in [5, 5.41) is 19.9. The van der Waals surface area contributed by atoms with Gasteiger partial charge in [0.25, 0.3) is 0 Å². The first-order chi connectivity index (χ1) is 14.5. The van der Waals surface area contributed by atoms with Crippen LogP contribution < -0.4 is 4.74 Å². The molecule has 1 saturated carbocycles. The second-order valence-electron chi connectivity index (χ2n) is 8.10. The van der Waals surface area contributed by atoms with Crippen LogP contribution in [0.15, 0.2) is 48.5 Å². The normalized spacial score (nSPS) is 19.0. The number of aliphatic carboxylic acids is 1. The topological polar surface area (TPSA) is 72.3 Å². The third-order valence-corrected chi connectivity index (χ3v) is 6.69. The van der Waals surface area contributed by atoms with Gasteiger partial charge < -0.3 is 9.84 Å².